The van der Waals surface area contributed by atoms with Crippen LogP contribution < -0.4 is 9.47 Å². The molecule has 27 heavy (non-hydrogen) atoms. The molecule has 0 saturated heterocycles. The molecule has 4 rings (SSSR count). The Morgan fingerprint density at radius 2 is 2.00 bits per heavy atom. The quantitative estimate of drug-likeness (QED) is 0.475. The van der Waals surface area contributed by atoms with E-state index in [4.69, 9.17) is 9.47 Å². The molecule has 3 aromatic rings. The number of carbonyl (C=O) groups is 1. The summed E-state index contributed by atoms with van der Waals surface area (Å²) in [5.41, 5.74) is 2.80. The van der Waals surface area contributed by atoms with Gasteiger partial charge in [0.25, 0.3) is 0 Å². The fraction of sp³-hybridized carbons (Fsp3) is 0.250. The van der Waals surface area contributed by atoms with Crippen LogP contribution in [-0.2, 0) is 6.54 Å². The minimum atomic E-state index is 0.0149. The highest BCUT2D eigenvalue weighted by Gasteiger charge is 2.18. The Kier molecular flexibility index (Phi) is 4.85. The maximum atomic E-state index is 12.6. The fourth-order valence-corrected chi connectivity index (χ4v) is 3.86. The van der Waals surface area contributed by atoms with Gasteiger partial charge in [-0.1, -0.05) is 35.5 Å². The van der Waals surface area contributed by atoms with E-state index in [0.717, 1.165) is 23.1 Å². The van der Waals surface area contributed by atoms with E-state index in [-0.39, 0.29) is 18.3 Å². The van der Waals surface area contributed by atoms with E-state index in [1.165, 1.54) is 17.3 Å². The lowest BCUT2D eigenvalue weighted by atomic mass is 10.1. The van der Waals surface area contributed by atoms with Crippen LogP contribution in [-0.4, -0.2) is 33.1 Å². The summed E-state index contributed by atoms with van der Waals surface area (Å²) in [5, 5.41) is 9.38. The van der Waals surface area contributed by atoms with Crippen molar-refractivity contribution in [3.05, 3.63) is 53.6 Å². The Bertz CT molecular complexity index is 1000. The highest BCUT2D eigenvalue weighted by Crippen LogP contribution is 2.33. The molecule has 7 heteroatoms. The zero-order chi connectivity index (χ0) is 18.8. The molecular formula is C20H19N3O3S. The Hall–Kier alpha value is -2.80. The Balaban J connectivity index is 1.51. The van der Waals surface area contributed by atoms with Crippen LogP contribution in [0.5, 0.6) is 11.5 Å². The Labute approximate surface area is 161 Å². The molecule has 0 saturated carbocycles. The zero-order valence-corrected chi connectivity index (χ0v) is 16.0. The number of hydrogen-bond donors (Lipinski definition) is 0. The number of Topliss-reactive ketones (excluding diaryl/α,β-unsaturated/α-hetero) is 1. The first kappa shape index (κ1) is 17.6. The molecule has 0 radical (unpaired) electrons. The number of hydrogen-bond acceptors (Lipinski definition) is 6. The van der Waals surface area contributed by atoms with Crippen molar-refractivity contribution in [1.82, 2.24) is 14.8 Å². The first-order valence-corrected chi connectivity index (χ1v) is 9.70. The second kappa shape index (κ2) is 7.44. The van der Waals surface area contributed by atoms with Gasteiger partial charge in [-0.05, 0) is 38.1 Å². The lowest BCUT2D eigenvalue weighted by Crippen LogP contribution is -2.05. The van der Waals surface area contributed by atoms with E-state index in [9.17, 15) is 4.79 Å². The average Bonchev–Trinajstić information content (AvgIpc) is 3.31. The van der Waals surface area contributed by atoms with Crippen LogP contribution in [0.25, 0.3) is 11.4 Å². The maximum Gasteiger partial charge on any atom is 0.231 e. The summed E-state index contributed by atoms with van der Waals surface area (Å²) >= 11 is 1.40. The number of ether oxygens (including phenoxy) is 2. The number of thioether (sulfide) groups is 1. The third kappa shape index (κ3) is 3.55. The number of fused-ring (bicyclic) bond motifs is 1. The highest BCUT2D eigenvalue weighted by atomic mass is 32.2. The Morgan fingerprint density at radius 3 is 2.81 bits per heavy atom. The number of carbonyl (C=O) groups excluding carboxylic acids is 1. The summed E-state index contributed by atoms with van der Waals surface area (Å²) in [6.45, 7) is 5.03. The van der Waals surface area contributed by atoms with Gasteiger partial charge in [0.15, 0.2) is 28.3 Å². The van der Waals surface area contributed by atoms with Gasteiger partial charge >= 0.3 is 0 Å². The van der Waals surface area contributed by atoms with E-state index in [2.05, 4.69) is 29.3 Å². The fourth-order valence-electron chi connectivity index (χ4n) is 2.96. The molecule has 1 aliphatic heterocycles. The topological polar surface area (TPSA) is 66.2 Å². The number of nitrogens with zero attached hydrogens (tertiary/aromatic N) is 3. The molecule has 0 spiro atoms. The van der Waals surface area contributed by atoms with Crippen LogP contribution in [0.2, 0.25) is 0 Å². The van der Waals surface area contributed by atoms with Gasteiger partial charge in [0, 0.05) is 17.7 Å². The van der Waals surface area contributed by atoms with Crippen molar-refractivity contribution in [3.8, 4) is 22.9 Å². The second-order valence-electron chi connectivity index (χ2n) is 6.20. The van der Waals surface area contributed by atoms with E-state index in [1.807, 2.05) is 23.6 Å². The number of aryl methyl sites for hydroxylation is 1. The molecule has 0 amide bonds. The highest BCUT2D eigenvalue weighted by molar-refractivity contribution is 7.99. The van der Waals surface area contributed by atoms with Gasteiger partial charge in [0.1, 0.15) is 0 Å². The van der Waals surface area contributed by atoms with Gasteiger partial charge < -0.3 is 14.0 Å². The summed E-state index contributed by atoms with van der Waals surface area (Å²) in [4.78, 5) is 12.6. The molecular weight excluding hydrogens is 362 g/mol. The van der Waals surface area contributed by atoms with E-state index in [0.29, 0.717) is 17.1 Å². The second-order valence-corrected chi connectivity index (χ2v) is 7.14. The summed E-state index contributed by atoms with van der Waals surface area (Å²) < 4.78 is 12.7. The third-order valence-corrected chi connectivity index (χ3v) is 5.30. The summed E-state index contributed by atoms with van der Waals surface area (Å²) in [5.74, 6) is 2.41. The minimum absolute atomic E-state index is 0.0149. The molecule has 6 nitrogen and oxygen atoms in total. The number of aromatic nitrogens is 3. The number of rotatable bonds is 6. The molecule has 0 fully saturated rings. The van der Waals surface area contributed by atoms with Crippen LogP contribution in [0, 0.1) is 6.92 Å². The van der Waals surface area contributed by atoms with Crippen LogP contribution in [0.15, 0.2) is 47.6 Å². The molecule has 0 aliphatic carbocycles. The van der Waals surface area contributed by atoms with Gasteiger partial charge in [-0.3, -0.25) is 4.79 Å². The van der Waals surface area contributed by atoms with Crippen molar-refractivity contribution < 1.29 is 14.3 Å². The number of benzene rings is 2. The maximum absolute atomic E-state index is 12.6. The first-order valence-electron chi connectivity index (χ1n) is 8.71. The van der Waals surface area contributed by atoms with Crippen LogP contribution in [0.1, 0.15) is 22.8 Å². The SMILES string of the molecule is CCn1c(SCC(=O)c2ccc3c(c2)OCO3)nnc1-c1cccc(C)c1. The molecule has 138 valence electrons. The van der Waals surface area contributed by atoms with Crippen LogP contribution in [0.4, 0.5) is 0 Å². The van der Waals surface area contributed by atoms with E-state index >= 15 is 0 Å². The predicted octanol–water partition coefficient (Wildman–Crippen LogP) is 3.98. The monoisotopic (exact) mass is 381 g/mol. The van der Waals surface area contributed by atoms with Gasteiger partial charge in [-0.2, -0.15) is 0 Å². The molecule has 0 unspecified atom stereocenters. The van der Waals surface area contributed by atoms with Crippen molar-refractivity contribution in [2.75, 3.05) is 12.5 Å². The normalized spacial score (nSPS) is 12.4. The van der Waals surface area contributed by atoms with Crippen molar-refractivity contribution in [3.63, 3.8) is 0 Å². The number of ketones is 1. The van der Waals surface area contributed by atoms with Crippen molar-refractivity contribution in [2.45, 2.75) is 25.5 Å². The smallest absolute Gasteiger partial charge is 0.231 e. The predicted molar refractivity (Wildman–Crippen MR) is 103 cm³/mol. The van der Waals surface area contributed by atoms with Gasteiger partial charge in [0.2, 0.25) is 6.79 Å². The van der Waals surface area contributed by atoms with Crippen molar-refractivity contribution >= 4 is 17.5 Å². The molecule has 2 heterocycles. The van der Waals surface area contributed by atoms with E-state index < -0.39 is 0 Å². The molecule has 1 aromatic heterocycles. The first-order chi connectivity index (χ1) is 13.2. The molecule has 2 aromatic carbocycles. The third-order valence-electron chi connectivity index (χ3n) is 4.34. The lowest BCUT2D eigenvalue weighted by molar-refractivity contribution is 0.102. The summed E-state index contributed by atoms with van der Waals surface area (Å²) in [6, 6.07) is 13.4. The van der Waals surface area contributed by atoms with Crippen LogP contribution >= 0.6 is 11.8 Å². The lowest BCUT2D eigenvalue weighted by Gasteiger charge is -2.08. The summed E-state index contributed by atoms with van der Waals surface area (Å²) in [7, 11) is 0. The zero-order valence-electron chi connectivity index (χ0n) is 15.1. The minimum Gasteiger partial charge on any atom is -0.454 e. The molecule has 1 aliphatic rings. The van der Waals surface area contributed by atoms with Crippen molar-refractivity contribution in [1.29, 1.82) is 0 Å². The molecule has 0 bridgehead atoms. The van der Waals surface area contributed by atoms with Gasteiger partial charge in [-0.15, -0.1) is 10.2 Å². The molecule has 0 N–H and O–H groups in total. The average molecular weight is 381 g/mol. The van der Waals surface area contributed by atoms with E-state index in [1.54, 1.807) is 18.2 Å². The van der Waals surface area contributed by atoms with Crippen LogP contribution in [0.3, 0.4) is 0 Å². The standard InChI is InChI=1S/C20H19N3O3S/c1-3-23-19(15-6-4-5-13(2)9-15)21-22-20(23)27-11-16(24)14-7-8-17-18(10-14)26-12-25-17/h4-10H,3,11-12H2,1-2H3. The Morgan fingerprint density at radius 1 is 1.15 bits per heavy atom. The van der Waals surface area contributed by atoms with Gasteiger partial charge in [0.05, 0.1) is 5.75 Å². The van der Waals surface area contributed by atoms with Gasteiger partial charge in [-0.25, -0.2) is 0 Å². The molecule has 0 atom stereocenters. The summed E-state index contributed by atoms with van der Waals surface area (Å²) in [6.07, 6.45) is 0. The largest absolute Gasteiger partial charge is 0.454 e. The van der Waals surface area contributed by atoms with Crippen molar-refractivity contribution in [2.24, 2.45) is 0 Å².